The van der Waals surface area contributed by atoms with Crippen LogP contribution in [0, 0.1) is 28.6 Å². The zero-order valence-electron chi connectivity index (χ0n) is 21.6. The topological polar surface area (TPSA) is 66.9 Å². The normalized spacial score (nSPS) is 37.4. The first-order chi connectivity index (χ1) is 16.8. The summed E-state index contributed by atoms with van der Waals surface area (Å²) in [4.78, 5) is 16.0. The van der Waals surface area contributed by atoms with Crippen molar-refractivity contribution in [3.05, 3.63) is 36.2 Å². The maximum absolute atomic E-state index is 11.8. The molecule has 2 heterocycles. The highest BCUT2D eigenvalue weighted by Gasteiger charge is 2.60. The van der Waals surface area contributed by atoms with Crippen molar-refractivity contribution in [2.75, 3.05) is 20.3 Å². The first-order valence-electron chi connectivity index (χ1n) is 13.5. The van der Waals surface area contributed by atoms with Crippen LogP contribution in [-0.2, 0) is 14.2 Å². The minimum Gasteiger partial charge on any atom is -0.492 e. The number of allylic oxidation sites excluding steroid dienone is 1. The standard InChI is InChI=1S/C29H41NO5/c1-19-9-10-24-28(2,23(19)12-14-33-22-15-21(16-30-17-22)26(31)32-4)13-11-25-29(24,3)18-34-27(35-25)20-7-5-6-8-20/h15-17,20,23-25,27H,1,5-14,18H2,2-4H3/t23-,24?,25-,27-,28+,29+/m1/s1. The van der Waals surface area contributed by atoms with Crippen molar-refractivity contribution in [2.24, 2.45) is 28.6 Å². The molecule has 0 bridgehead atoms. The van der Waals surface area contributed by atoms with Crippen molar-refractivity contribution in [3.63, 3.8) is 0 Å². The molecule has 1 aromatic heterocycles. The molecular weight excluding hydrogens is 442 g/mol. The van der Waals surface area contributed by atoms with Crippen molar-refractivity contribution in [1.29, 1.82) is 0 Å². The average molecular weight is 484 g/mol. The Hall–Kier alpha value is -1.92. The van der Waals surface area contributed by atoms with E-state index >= 15 is 0 Å². The highest BCUT2D eigenvalue weighted by Crippen LogP contribution is 2.63. The van der Waals surface area contributed by atoms with E-state index in [1.165, 1.54) is 44.6 Å². The summed E-state index contributed by atoms with van der Waals surface area (Å²) in [5.74, 6) is 1.70. The van der Waals surface area contributed by atoms with E-state index < -0.39 is 5.97 Å². The van der Waals surface area contributed by atoms with Gasteiger partial charge in [0.25, 0.3) is 0 Å². The van der Waals surface area contributed by atoms with E-state index in [2.05, 4.69) is 25.4 Å². The summed E-state index contributed by atoms with van der Waals surface area (Å²) in [5.41, 5.74) is 1.94. The molecule has 3 aliphatic carbocycles. The fourth-order valence-electron chi connectivity index (χ4n) is 7.88. The molecule has 3 saturated carbocycles. The van der Waals surface area contributed by atoms with Gasteiger partial charge < -0.3 is 18.9 Å². The van der Waals surface area contributed by atoms with Crippen LogP contribution in [0.3, 0.4) is 0 Å². The fraction of sp³-hybridized carbons (Fsp3) is 0.724. The molecule has 0 amide bonds. The first-order valence-corrected chi connectivity index (χ1v) is 13.5. The van der Waals surface area contributed by atoms with Gasteiger partial charge in [0.15, 0.2) is 6.29 Å². The number of pyridine rings is 1. The summed E-state index contributed by atoms with van der Waals surface area (Å²) < 4.78 is 24.0. The third-order valence-corrected chi connectivity index (χ3v) is 9.77. The lowest BCUT2D eigenvalue weighted by molar-refractivity contribution is -0.316. The number of methoxy groups -OCH3 is 1. The van der Waals surface area contributed by atoms with E-state index in [0.717, 1.165) is 38.7 Å². The van der Waals surface area contributed by atoms with Gasteiger partial charge in [0, 0.05) is 17.5 Å². The van der Waals surface area contributed by atoms with Gasteiger partial charge >= 0.3 is 5.97 Å². The lowest BCUT2D eigenvalue weighted by Crippen LogP contribution is -2.62. The lowest BCUT2D eigenvalue weighted by Gasteiger charge is -2.63. The lowest BCUT2D eigenvalue weighted by atomic mass is 9.46. The predicted octanol–water partition coefficient (Wildman–Crippen LogP) is 5.96. The highest BCUT2D eigenvalue weighted by atomic mass is 16.7. The highest BCUT2D eigenvalue weighted by molar-refractivity contribution is 5.89. The number of ether oxygens (including phenoxy) is 4. The Bertz CT molecular complexity index is 943. The molecule has 1 saturated heterocycles. The molecule has 6 heteroatoms. The van der Waals surface area contributed by atoms with Gasteiger partial charge in [-0.3, -0.25) is 4.98 Å². The second kappa shape index (κ2) is 9.85. The fourth-order valence-corrected chi connectivity index (χ4v) is 7.88. The number of nitrogens with zero attached hydrogens (tertiary/aromatic N) is 1. The molecule has 5 rings (SSSR count). The van der Waals surface area contributed by atoms with E-state index in [1.807, 2.05) is 0 Å². The van der Waals surface area contributed by atoms with Crippen LogP contribution in [0.25, 0.3) is 0 Å². The molecule has 0 aromatic carbocycles. The van der Waals surface area contributed by atoms with E-state index in [1.54, 1.807) is 12.3 Å². The van der Waals surface area contributed by atoms with Gasteiger partial charge in [-0.25, -0.2) is 4.79 Å². The largest absolute Gasteiger partial charge is 0.492 e. The second-order valence-corrected chi connectivity index (χ2v) is 11.7. The van der Waals surface area contributed by atoms with Crippen molar-refractivity contribution in [3.8, 4) is 5.75 Å². The summed E-state index contributed by atoms with van der Waals surface area (Å²) in [7, 11) is 1.37. The molecule has 6 nitrogen and oxygen atoms in total. The number of carbonyl (C=O) groups excluding carboxylic acids is 1. The Morgan fingerprint density at radius 3 is 2.74 bits per heavy atom. The smallest absolute Gasteiger partial charge is 0.339 e. The molecule has 192 valence electrons. The van der Waals surface area contributed by atoms with Gasteiger partial charge in [-0.05, 0) is 68.3 Å². The quantitative estimate of drug-likeness (QED) is 0.367. The predicted molar refractivity (Wildman–Crippen MR) is 133 cm³/mol. The Morgan fingerprint density at radius 1 is 1.17 bits per heavy atom. The van der Waals surface area contributed by atoms with Crippen LogP contribution >= 0.6 is 0 Å². The number of esters is 1. The van der Waals surface area contributed by atoms with E-state index in [0.29, 0.717) is 35.7 Å². The zero-order chi connectivity index (χ0) is 24.6. The number of hydrogen-bond acceptors (Lipinski definition) is 6. The first kappa shape index (κ1) is 24.8. The molecule has 4 aliphatic rings. The van der Waals surface area contributed by atoms with E-state index in [-0.39, 0.29) is 23.2 Å². The minimum absolute atomic E-state index is 0.00273. The SMILES string of the molecule is C=C1CCC2[C@]3(C)CO[C@@H](C4CCCC4)O[C@@H]3CC[C@@]2(C)[C@@H]1CCOc1cncc(C(=O)OC)c1. The molecule has 4 fully saturated rings. The molecule has 1 aliphatic heterocycles. The molecular formula is C29H41NO5. The molecule has 1 aromatic rings. The van der Waals surface area contributed by atoms with Crippen molar-refractivity contribution in [1.82, 2.24) is 4.98 Å². The molecule has 35 heavy (non-hydrogen) atoms. The van der Waals surface area contributed by atoms with E-state index in [4.69, 9.17) is 18.9 Å². The van der Waals surface area contributed by atoms with Crippen molar-refractivity contribution < 1.29 is 23.7 Å². The van der Waals surface area contributed by atoms with Gasteiger partial charge in [-0.1, -0.05) is 38.8 Å². The maximum atomic E-state index is 11.8. The van der Waals surface area contributed by atoms with Crippen LogP contribution in [0.2, 0.25) is 0 Å². The minimum atomic E-state index is -0.406. The van der Waals surface area contributed by atoms with Gasteiger partial charge in [0.1, 0.15) is 5.75 Å². The average Bonchev–Trinajstić information content (AvgIpc) is 3.40. The van der Waals surface area contributed by atoms with Gasteiger partial charge in [-0.2, -0.15) is 0 Å². The van der Waals surface area contributed by atoms with Crippen LogP contribution in [0.15, 0.2) is 30.6 Å². The zero-order valence-corrected chi connectivity index (χ0v) is 21.6. The Labute approximate surface area is 209 Å². The molecule has 1 unspecified atom stereocenters. The Morgan fingerprint density at radius 2 is 1.97 bits per heavy atom. The second-order valence-electron chi connectivity index (χ2n) is 11.7. The summed E-state index contributed by atoms with van der Waals surface area (Å²) in [6, 6.07) is 1.70. The van der Waals surface area contributed by atoms with Crippen molar-refractivity contribution in [2.45, 2.75) is 84.0 Å². The third-order valence-electron chi connectivity index (χ3n) is 9.77. The van der Waals surface area contributed by atoms with Gasteiger partial charge in [-0.15, -0.1) is 0 Å². The summed E-state index contributed by atoms with van der Waals surface area (Å²) >= 11 is 0. The third kappa shape index (κ3) is 4.53. The molecule has 0 spiro atoms. The number of carbonyl (C=O) groups is 1. The van der Waals surface area contributed by atoms with Crippen molar-refractivity contribution >= 4 is 5.97 Å². The summed E-state index contributed by atoms with van der Waals surface area (Å²) in [6.45, 7) is 10.8. The molecule has 0 N–H and O–H groups in total. The molecule has 6 atom stereocenters. The number of hydrogen-bond donors (Lipinski definition) is 0. The summed E-state index contributed by atoms with van der Waals surface area (Å²) in [6.07, 6.45) is 13.9. The summed E-state index contributed by atoms with van der Waals surface area (Å²) in [5, 5.41) is 0. The van der Waals surface area contributed by atoms with Crippen LogP contribution in [0.1, 0.15) is 82.0 Å². The number of rotatable bonds is 6. The van der Waals surface area contributed by atoms with Crippen LogP contribution < -0.4 is 4.74 Å². The number of aromatic nitrogens is 1. The monoisotopic (exact) mass is 483 g/mol. The maximum Gasteiger partial charge on any atom is 0.339 e. The van der Waals surface area contributed by atoms with Gasteiger partial charge in [0.2, 0.25) is 0 Å². The van der Waals surface area contributed by atoms with Crippen LogP contribution in [-0.4, -0.2) is 43.7 Å². The Balaban J connectivity index is 1.26. The van der Waals surface area contributed by atoms with Gasteiger partial charge in [0.05, 0.1) is 38.2 Å². The van der Waals surface area contributed by atoms with Crippen LogP contribution in [0.4, 0.5) is 0 Å². The number of fused-ring (bicyclic) bond motifs is 3. The molecule has 0 radical (unpaired) electrons. The van der Waals surface area contributed by atoms with E-state index in [9.17, 15) is 4.79 Å². The van der Waals surface area contributed by atoms with Crippen LogP contribution in [0.5, 0.6) is 5.75 Å². The Kier molecular flexibility index (Phi) is 6.97.